The Kier molecular flexibility index (Phi) is 9.22. The molecule has 0 fully saturated rings. The minimum Gasteiger partial charge on any atom is -0.0617 e. The molecule has 0 unspecified atom stereocenters. The van der Waals surface area contributed by atoms with Crippen LogP contribution in [0.4, 0.5) is 0 Å². The van der Waals surface area contributed by atoms with Gasteiger partial charge < -0.3 is 0 Å². The Morgan fingerprint density at radius 1 is 0.385 bits per heavy atom. The topological polar surface area (TPSA) is 0 Å². The van der Waals surface area contributed by atoms with E-state index in [9.17, 15) is 0 Å². The van der Waals surface area contributed by atoms with Gasteiger partial charge in [0.25, 0.3) is 0 Å². The monoisotopic (exact) mass is 533 g/mol. The first kappa shape index (κ1) is 33.6. The molecule has 0 saturated heterocycles. The quantitative estimate of drug-likeness (QED) is 0.367. The lowest BCUT2D eigenvalue weighted by atomic mass is 9.64. The molecule has 0 N–H and O–H groups in total. The summed E-state index contributed by atoms with van der Waals surface area (Å²) in [6.07, 6.45) is 3.41. The first-order valence-corrected chi connectivity index (χ1v) is 15.5. The van der Waals surface area contributed by atoms with Crippen LogP contribution in [0.5, 0.6) is 0 Å². The molecular weight excluding hydrogens is 468 g/mol. The van der Waals surface area contributed by atoms with E-state index in [2.05, 4.69) is 149 Å². The van der Waals surface area contributed by atoms with Gasteiger partial charge in [0.15, 0.2) is 0 Å². The summed E-state index contributed by atoms with van der Waals surface area (Å²) in [6, 6.07) is 9.64. The second-order valence-corrected chi connectivity index (χ2v) is 18.4. The van der Waals surface area contributed by atoms with Crippen LogP contribution in [-0.2, 0) is 45.3 Å². The van der Waals surface area contributed by atoms with E-state index in [1.807, 2.05) is 0 Å². The van der Waals surface area contributed by atoms with Gasteiger partial charge in [-0.15, -0.1) is 0 Å². The van der Waals surface area contributed by atoms with Gasteiger partial charge in [-0.1, -0.05) is 149 Å². The van der Waals surface area contributed by atoms with Gasteiger partial charge in [0.05, 0.1) is 0 Å². The maximum atomic E-state index is 2.61. The largest absolute Gasteiger partial charge is 0.0617 e. The van der Waals surface area contributed by atoms with Crippen molar-refractivity contribution in [2.75, 3.05) is 0 Å². The van der Waals surface area contributed by atoms with Gasteiger partial charge in [-0.3, -0.25) is 0 Å². The zero-order chi connectivity index (χ0) is 30.6. The van der Waals surface area contributed by atoms with E-state index < -0.39 is 0 Å². The minimum atomic E-state index is 0.0685. The lowest BCUT2D eigenvalue weighted by Gasteiger charge is -2.41. The standard InChI is InChI=1S/C39H64/c1-34(2,3)28-23-20-24-29(35(4,5)6)26(28)21-19-22-27-30(36(7,8)9)25-31(37(10,11)12)33(39(16,17)18)32(27)38(13,14)15/h20,23-25H,19,21-22H2,1-18H3. The van der Waals surface area contributed by atoms with Crippen LogP contribution in [0.15, 0.2) is 24.3 Å². The number of hydrogen-bond acceptors (Lipinski definition) is 0. The summed E-state index contributed by atoms with van der Waals surface area (Å²) in [6.45, 7) is 43.2. The van der Waals surface area contributed by atoms with E-state index in [1.54, 1.807) is 27.8 Å². The zero-order valence-electron chi connectivity index (χ0n) is 29.4. The normalized spacial score (nSPS) is 14.2. The Hall–Kier alpha value is -1.56. The number of benzene rings is 2. The predicted octanol–water partition coefficient (Wildman–Crippen LogP) is 11.6. The van der Waals surface area contributed by atoms with Gasteiger partial charge >= 0.3 is 0 Å². The summed E-state index contributed by atoms with van der Waals surface area (Å²) in [5, 5.41) is 0. The van der Waals surface area contributed by atoms with Crippen LogP contribution < -0.4 is 0 Å². The van der Waals surface area contributed by atoms with Crippen molar-refractivity contribution in [1.82, 2.24) is 0 Å². The van der Waals surface area contributed by atoms with E-state index in [4.69, 9.17) is 0 Å². The predicted molar refractivity (Wildman–Crippen MR) is 177 cm³/mol. The molecule has 39 heavy (non-hydrogen) atoms. The van der Waals surface area contributed by atoms with Crippen LogP contribution in [0.3, 0.4) is 0 Å². The van der Waals surface area contributed by atoms with Crippen LogP contribution in [0.25, 0.3) is 0 Å². The van der Waals surface area contributed by atoms with Crippen molar-refractivity contribution in [3.8, 4) is 0 Å². The molecule has 0 nitrogen and oxygen atoms in total. The van der Waals surface area contributed by atoms with Gasteiger partial charge in [0.2, 0.25) is 0 Å². The molecule has 0 aliphatic carbocycles. The Labute approximate surface area is 244 Å². The summed E-state index contributed by atoms with van der Waals surface area (Å²) >= 11 is 0. The summed E-state index contributed by atoms with van der Waals surface area (Å²) < 4.78 is 0. The molecule has 0 heterocycles. The molecule has 0 atom stereocenters. The van der Waals surface area contributed by atoms with Gasteiger partial charge in [-0.25, -0.2) is 0 Å². The molecule has 0 heteroatoms. The zero-order valence-corrected chi connectivity index (χ0v) is 29.4. The number of hydrogen-bond donors (Lipinski definition) is 0. The van der Waals surface area contributed by atoms with Gasteiger partial charge in [-0.05, 0) is 96.3 Å². The molecule has 2 rings (SSSR count). The van der Waals surface area contributed by atoms with E-state index in [1.165, 1.54) is 23.1 Å². The van der Waals surface area contributed by atoms with E-state index in [-0.39, 0.29) is 32.5 Å². The Morgan fingerprint density at radius 2 is 0.744 bits per heavy atom. The van der Waals surface area contributed by atoms with Crippen LogP contribution in [0.1, 0.15) is 176 Å². The van der Waals surface area contributed by atoms with E-state index >= 15 is 0 Å². The molecule has 2 aromatic carbocycles. The molecule has 0 aromatic heterocycles. The van der Waals surface area contributed by atoms with Crippen molar-refractivity contribution < 1.29 is 0 Å². The van der Waals surface area contributed by atoms with Crippen molar-refractivity contribution in [2.45, 2.75) is 176 Å². The average Bonchev–Trinajstić information content (AvgIpc) is 2.68. The van der Waals surface area contributed by atoms with Crippen molar-refractivity contribution in [1.29, 1.82) is 0 Å². The maximum Gasteiger partial charge on any atom is -0.0126 e. The molecule has 0 bridgehead atoms. The van der Waals surface area contributed by atoms with E-state index in [0.29, 0.717) is 0 Å². The third-order valence-corrected chi connectivity index (χ3v) is 8.20. The Bertz CT molecular complexity index is 1110. The maximum absolute atomic E-state index is 2.61. The molecule has 2 aromatic rings. The van der Waals surface area contributed by atoms with Gasteiger partial charge in [0, 0.05) is 0 Å². The summed E-state index contributed by atoms with van der Waals surface area (Å²) in [7, 11) is 0. The van der Waals surface area contributed by atoms with Crippen molar-refractivity contribution in [3.63, 3.8) is 0 Å². The lowest BCUT2D eigenvalue weighted by molar-refractivity contribution is 0.483. The highest BCUT2D eigenvalue weighted by molar-refractivity contribution is 5.56. The molecule has 0 amide bonds. The van der Waals surface area contributed by atoms with Crippen molar-refractivity contribution in [2.24, 2.45) is 0 Å². The first-order chi connectivity index (χ1) is 17.2. The smallest absolute Gasteiger partial charge is 0.0126 e. The highest BCUT2D eigenvalue weighted by atomic mass is 14.4. The molecule has 0 radical (unpaired) electrons. The van der Waals surface area contributed by atoms with Crippen molar-refractivity contribution in [3.05, 3.63) is 68.8 Å². The van der Waals surface area contributed by atoms with Crippen LogP contribution >= 0.6 is 0 Å². The van der Waals surface area contributed by atoms with E-state index in [0.717, 1.165) is 12.8 Å². The third kappa shape index (κ3) is 7.80. The number of rotatable bonds is 4. The molecule has 0 aliphatic rings. The molecule has 0 aliphatic heterocycles. The second kappa shape index (κ2) is 10.7. The minimum absolute atomic E-state index is 0.0685. The lowest BCUT2D eigenvalue weighted by Crippen LogP contribution is -2.32. The Morgan fingerprint density at radius 3 is 1.08 bits per heavy atom. The Balaban J connectivity index is 2.84. The summed E-state index contributed by atoms with van der Waals surface area (Å²) in [4.78, 5) is 0. The highest BCUT2D eigenvalue weighted by Gasteiger charge is 2.36. The fourth-order valence-corrected chi connectivity index (χ4v) is 6.55. The first-order valence-electron chi connectivity index (χ1n) is 15.5. The average molecular weight is 533 g/mol. The summed E-state index contributed by atoms with van der Waals surface area (Å²) in [5.41, 5.74) is 13.1. The molecule has 220 valence electrons. The van der Waals surface area contributed by atoms with Gasteiger partial charge in [0.1, 0.15) is 0 Å². The highest BCUT2D eigenvalue weighted by Crippen LogP contribution is 2.46. The van der Waals surface area contributed by atoms with Crippen molar-refractivity contribution >= 4 is 0 Å². The second-order valence-electron chi connectivity index (χ2n) is 18.4. The summed E-state index contributed by atoms with van der Waals surface area (Å²) in [5.74, 6) is 0. The molecular formula is C39H64. The molecule has 0 saturated carbocycles. The molecule has 0 spiro atoms. The van der Waals surface area contributed by atoms with Crippen LogP contribution in [-0.4, -0.2) is 0 Å². The SMILES string of the molecule is CC(C)(C)c1cccc(C(C)(C)C)c1CCCc1c(C(C)(C)C)cc(C(C)(C)C)c(C(C)(C)C)c1C(C)(C)C. The van der Waals surface area contributed by atoms with Crippen LogP contribution in [0.2, 0.25) is 0 Å². The fourth-order valence-electron chi connectivity index (χ4n) is 6.55. The fraction of sp³-hybridized carbons (Fsp3) is 0.692. The third-order valence-electron chi connectivity index (χ3n) is 8.20. The van der Waals surface area contributed by atoms with Gasteiger partial charge in [-0.2, -0.15) is 0 Å². The van der Waals surface area contributed by atoms with Crippen LogP contribution in [0, 0.1) is 0 Å².